The first-order chi connectivity index (χ1) is 15.0. The van der Waals surface area contributed by atoms with Crippen LogP contribution in [0.2, 0.25) is 0 Å². The van der Waals surface area contributed by atoms with E-state index in [1.165, 1.54) is 17.7 Å². The molecule has 1 aliphatic rings. The maximum atomic E-state index is 13.3. The molecule has 7 heteroatoms. The van der Waals surface area contributed by atoms with E-state index in [0.29, 0.717) is 11.8 Å². The number of ether oxygens (including phenoxy) is 1. The molecule has 5 nitrogen and oxygen atoms in total. The number of benzene rings is 2. The number of halogens is 1. The van der Waals surface area contributed by atoms with Crippen molar-refractivity contribution in [3.8, 4) is 5.88 Å². The summed E-state index contributed by atoms with van der Waals surface area (Å²) in [5, 5.41) is 0. The van der Waals surface area contributed by atoms with Crippen molar-refractivity contribution in [2.24, 2.45) is 0 Å². The van der Waals surface area contributed by atoms with Gasteiger partial charge in [0, 0.05) is 31.1 Å². The van der Waals surface area contributed by atoms with Crippen molar-refractivity contribution in [3.63, 3.8) is 0 Å². The quantitative estimate of drug-likeness (QED) is 0.541. The summed E-state index contributed by atoms with van der Waals surface area (Å²) in [7, 11) is 2.12. The second-order valence-corrected chi connectivity index (χ2v) is 8.97. The van der Waals surface area contributed by atoms with Gasteiger partial charge in [-0.25, -0.2) is 9.37 Å². The molecule has 162 valence electrons. The molecule has 1 aromatic heterocycles. The topological polar surface area (TPSA) is 41.5 Å². The summed E-state index contributed by atoms with van der Waals surface area (Å²) in [6.07, 6.45) is 1.57. The van der Waals surface area contributed by atoms with Crippen molar-refractivity contribution in [2.75, 3.05) is 38.1 Å². The summed E-state index contributed by atoms with van der Waals surface area (Å²) in [6, 6.07) is 14.7. The molecule has 1 atom stereocenters. The Kier molecular flexibility index (Phi) is 6.73. The molecule has 2 aromatic carbocycles. The number of aromatic nitrogens is 2. The van der Waals surface area contributed by atoms with Crippen molar-refractivity contribution in [1.29, 1.82) is 0 Å². The third-order valence-electron chi connectivity index (χ3n) is 5.37. The Morgan fingerprint density at radius 2 is 1.68 bits per heavy atom. The van der Waals surface area contributed by atoms with E-state index < -0.39 is 0 Å². The smallest absolute Gasteiger partial charge is 0.233 e. The van der Waals surface area contributed by atoms with Gasteiger partial charge < -0.3 is 14.5 Å². The zero-order valence-corrected chi connectivity index (χ0v) is 18.9. The van der Waals surface area contributed by atoms with Gasteiger partial charge in [-0.15, -0.1) is 0 Å². The van der Waals surface area contributed by atoms with Crippen molar-refractivity contribution in [3.05, 3.63) is 71.7 Å². The standard InChI is InChI=1S/C24H27FN4OS/c1-17-4-10-21(11-5-17)31-22-16-26-24(29-14-12-28(3)13-15-29)27-23(22)30-18(2)19-6-8-20(25)9-7-19/h4-11,16,18H,12-15H2,1-3H3/t18-/m0/s1. The van der Waals surface area contributed by atoms with E-state index >= 15 is 0 Å². The number of likely N-dealkylation sites (N-methyl/N-ethyl adjacent to an activating group) is 1. The lowest BCUT2D eigenvalue weighted by Crippen LogP contribution is -2.45. The molecule has 1 aliphatic heterocycles. The first kappa shape index (κ1) is 21.6. The van der Waals surface area contributed by atoms with Gasteiger partial charge >= 0.3 is 0 Å². The van der Waals surface area contributed by atoms with Gasteiger partial charge in [-0.05, 0) is 50.7 Å². The molecule has 0 amide bonds. The Morgan fingerprint density at radius 1 is 1.00 bits per heavy atom. The van der Waals surface area contributed by atoms with Gasteiger partial charge in [0.15, 0.2) is 0 Å². The molecule has 0 spiro atoms. The van der Waals surface area contributed by atoms with Crippen LogP contribution in [0.5, 0.6) is 5.88 Å². The average molecular weight is 439 g/mol. The highest BCUT2D eigenvalue weighted by molar-refractivity contribution is 7.99. The van der Waals surface area contributed by atoms with Crippen LogP contribution in [-0.2, 0) is 0 Å². The summed E-state index contributed by atoms with van der Waals surface area (Å²) in [4.78, 5) is 15.9. The number of anilines is 1. The molecule has 1 saturated heterocycles. The highest BCUT2D eigenvalue weighted by Gasteiger charge is 2.20. The lowest BCUT2D eigenvalue weighted by atomic mass is 10.1. The fourth-order valence-electron chi connectivity index (χ4n) is 3.36. The summed E-state index contributed by atoms with van der Waals surface area (Å²) >= 11 is 1.58. The Labute approximate surface area is 187 Å². The number of aryl methyl sites for hydroxylation is 1. The molecule has 0 saturated carbocycles. The third kappa shape index (κ3) is 5.54. The van der Waals surface area contributed by atoms with Crippen molar-refractivity contribution in [1.82, 2.24) is 14.9 Å². The minimum absolute atomic E-state index is 0.258. The van der Waals surface area contributed by atoms with Gasteiger partial charge in [0.05, 0.1) is 11.1 Å². The fraction of sp³-hybridized carbons (Fsp3) is 0.333. The van der Waals surface area contributed by atoms with E-state index in [1.54, 1.807) is 23.9 Å². The van der Waals surface area contributed by atoms with Gasteiger partial charge in [-0.3, -0.25) is 0 Å². The molecule has 3 aromatic rings. The maximum absolute atomic E-state index is 13.3. The number of rotatable bonds is 6. The summed E-state index contributed by atoms with van der Waals surface area (Å²) in [5.41, 5.74) is 2.11. The number of nitrogens with zero attached hydrogens (tertiary/aromatic N) is 4. The van der Waals surface area contributed by atoms with Crippen LogP contribution in [0.25, 0.3) is 0 Å². The number of hydrogen-bond acceptors (Lipinski definition) is 6. The highest BCUT2D eigenvalue weighted by Crippen LogP contribution is 2.36. The zero-order valence-electron chi connectivity index (χ0n) is 18.1. The largest absolute Gasteiger partial charge is 0.469 e. The van der Waals surface area contributed by atoms with Gasteiger partial charge in [0.2, 0.25) is 11.8 Å². The van der Waals surface area contributed by atoms with Crippen molar-refractivity contribution in [2.45, 2.75) is 29.7 Å². The molecular formula is C24H27FN4OS. The minimum atomic E-state index is -0.270. The molecule has 2 heterocycles. The van der Waals surface area contributed by atoms with E-state index in [1.807, 2.05) is 13.1 Å². The number of hydrogen-bond donors (Lipinski definition) is 0. The van der Waals surface area contributed by atoms with E-state index in [9.17, 15) is 4.39 Å². The Morgan fingerprint density at radius 3 is 2.35 bits per heavy atom. The third-order valence-corrected chi connectivity index (χ3v) is 6.38. The normalized spacial score (nSPS) is 15.7. The van der Waals surface area contributed by atoms with Crippen LogP contribution in [0, 0.1) is 12.7 Å². The fourth-order valence-corrected chi connectivity index (χ4v) is 4.17. The molecule has 0 aliphatic carbocycles. The van der Waals surface area contributed by atoms with E-state index in [0.717, 1.165) is 41.5 Å². The van der Waals surface area contributed by atoms with E-state index in [2.05, 4.69) is 53.0 Å². The lowest BCUT2D eigenvalue weighted by Gasteiger charge is -2.32. The van der Waals surface area contributed by atoms with Crippen molar-refractivity contribution >= 4 is 17.7 Å². The summed E-state index contributed by atoms with van der Waals surface area (Å²) in [5.74, 6) is 0.972. The predicted molar refractivity (Wildman–Crippen MR) is 122 cm³/mol. The average Bonchev–Trinajstić information content (AvgIpc) is 2.77. The maximum Gasteiger partial charge on any atom is 0.233 e. The summed E-state index contributed by atoms with van der Waals surface area (Å²) in [6.45, 7) is 7.74. The van der Waals surface area contributed by atoms with Gasteiger partial charge in [0.25, 0.3) is 0 Å². The second-order valence-electron chi connectivity index (χ2n) is 7.86. The van der Waals surface area contributed by atoms with Crippen LogP contribution in [-0.4, -0.2) is 48.1 Å². The first-order valence-corrected chi connectivity index (χ1v) is 11.3. The summed E-state index contributed by atoms with van der Waals surface area (Å²) < 4.78 is 19.6. The Bertz CT molecular complexity index is 1010. The number of piperazine rings is 1. The lowest BCUT2D eigenvalue weighted by molar-refractivity contribution is 0.210. The van der Waals surface area contributed by atoms with Crippen LogP contribution in [0.4, 0.5) is 10.3 Å². The predicted octanol–water partition coefficient (Wildman–Crippen LogP) is 4.97. The molecule has 0 bridgehead atoms. The van der Waals surface area contributed by atoms with Crippen LogP contribution in [0.3, 0.4) is 0 Å². The molecule has 0 radical (unpaired) electrons. The van der Waals surface area contributed by atoms with Crippen LogP contribution < -0.4 is 9.64 Å². The Balaban J connectivity index is 1.61. The molecule has 0 N–H and O–H groups in total. The zero-order chi connectivity index (χ0) is 21.8. The SMILES string of the molecule is Cc1ccc(Sc2cnc(N3CCN(C)CC3)nc2O[C@@H](C)c2ccc(F)cc2)cc1. The van der Waals surface area contributed by atoms with E-state index in [4.69, 9.17) is 9.72 Å². The van der Waals surface area contributed by atoms with Gasteiger partial charge in [-0.2, -0.15) is 4.98 Å². The van der Waals surface area contributed by atoms with Crippen LogP contribution >= 0.6 is 11.8 Å². The monoisotopic (exact) mass is 438 g/mol. The van der Waals surface area contributed by atoms with Crippen LogP contribution in [0.15, 0.2) is 64.5 Å². The molecule has 4 rings (SSSR count). The molecular weight excluding hydrogens is 411 g/mol. The van der Waals surface area contributed by atoms with E-state index in [-0.39, 0.29) is 11.9 Å². The molecule has 31 heavy (non-hydrogen) atoms. The minimum Gasteiger partial charge on any atom is -0.469 e. The van der Waals surface area contributed by atoms with Crippen LogP contribution in [0.1, 0.15) is 24.2 Å². The highest BCUT2D eigenvalue weighted by atomic mass is 32.2. The molecule has 1 fully saturated rings. The Hall–Kier alpha value is -2.64. The van der Waals surface area contributed by atoms with Gasteiger partial charge in [0.1, 0.15) is 11.9 Å². The molecule has 0 unspecified atom stereocenters. The first-order valence-electron chi connectivity index (χ1n) is 10.4. The second kappa shape index (κ2) is 9.66. The van der Waals surface area contributed by atoms with Crippen molar-refractivity contribution < 1.29 is 9.13 Å². The van der Waals surface area contributed by atoms with Gasteiger partial charge in [-0.1, -0.05) is 41.6 Å².